The Balaban J connectivity index is 2.03. The van der Waals surface area contributed by atoms with Gasteiger partial charge in [0, 0.05) is 26.3 Å². The summed E-state index contributed by atoms with van der Waals surface area (Å²) in [6.45, 7) is 3.34. The first-order chi connectivity index (χ1) is 15.4. The van der Waals surface area contributed by atoms with E-state index in [4.69, 9.17) is 4.74 Å². The lowest BCUT2D eigenvalue weighted by Gasteiger charge is -2.22. The van der Waals surface area contributed by atoms with Crippen LogP contribution in [0.5, 0.6) is 0 Å². The molecule has 0 radical (unpaired) electrons. The lowest BCUT2D eigenvalue weighted by atomic mass is 9.99. The van der Waals surface area contributed by atoms with Gasteiger partial charge in [0.25, 0.3) is 0 Å². The second-order valence-corrected chi connectivity index (χ2v) is 7.45. The highest BCUT2D eigenvalue weighted by Gasteiger charge is 2.23. The molecule has 0 saturated carbocycles. The number of benzene rings is 2. The summed E-state index contributed by atoms with van der Waals surface area (Å²) in [5.41, 5.74) is 1.79. The largest absolute Gasteiger partial charge is 0.465 e. The molecule has 1 N–H and O–H groups in total. The molecule has 32 heavy (non-hydrogen) atoms. The van der Waals surface area contributed by atoms with Crippen LogP contribution in [0.15, 0.2) is 60.7 Å². The van der Waals surface area contributed by atoms with E-state index in [2.05, 4.69) is 5.32 Å². The van der Waals surface area contributed by atoms with E-state index in [1.165, 1.54) is 11.8 Å². The first-order valence-corrected chi connectivity index (χ1v) is 10.7. The number of esters is 1. The van der Waals surface area contributed by atoms with Crippen molar-refractivity contribution < 1.29 is 23.9 Å². The van der Waals surface area contributed by atoms with Crippen LogP contribution in [0.1, 0.15) is 37.8 Å². The molecule has 7 heteroatoms. The number of nitrogens with zero attached hydrogens (tertiary/aromatic N) is 1. The topological polar surface area (TPSA) is 92.8 Å². The van der Waals surface area contributed by atoms with Gasteiger partial charge >= 0.3 is 5.97 Å². The fourth-order valence-electron chi connectivity index (χ4n) is 3.30. The number of amides is 2. The summed E-state index contributed by atoms with van der Waals surface area (Å²) in [5, 5.41) is 2.68. The number of rotatable bonds is 12. The van der Waals surface area contributed by atoms with Crippen molar-refractivity contribution >= 4 is 23.6 Å². The first kappa shape index (κ1) is 24.8. The average Bonchev–Trinajstić information content (AvgIpc) is 2.77. The molecule has 0 aromatic heterocycles. The molecule has 7 nitrogen and oxygen atoms in total. The molecular formula is C25H30N2O5. The van der Waals surface area contributed by atoms with Gasteiger partial charge in [0.1, 0.15) is 6.54 Å². The van der Waals surface area contributed by atoms with Crippen LogP contribution in [0.4, 0.5) is 0 Å². The van der Waals surface area contributed by atoms with Crippen LogP contribution in [0.3, 0.4) is 0 Å². The van der Waals surface area contributed by atoms with Crippen LogP contribution in [0, 0.1) is 0 Å². The van der Waals surface area contributed by atoms with Crippen LogP contribution in [-0.2, 0) is 36.9 Å². The van der Waals surface area contributed by atoms with Gasteiger partial charge in [-0.2, -0.15) is 0 Å². The second kappa shape index (κ2) is 13.0. The highest BCUT2D eigenvalue weighted by atomic mass is 16.5. The molecule has 0 spiro atoms. The Hall–Kier alpha value is -3.48. The van der Waals surface area contributed by atoms with E-state index < -0.39 is 12.0 Å². The number of Topliss-reactive ketones (excluding diaryl/α,β-unsaturated/α-hetero) is 1. The summed E-state index contributed by atoms with van der Waals surface area (Å²) in [6, 6.07) is 18.0. The summed E-state index contributed by atoms with van der Waals surface area (Å²) in [5.74, 6) is -1.35. The van der Waals surface area contributed by atoms with Gasteiger partial charge in [-0.15, -0.1) is 0 Å². The van der Waals surface area contributed by atoms with Crippen molar-refractivity contribution in [2.24, 2.45) is 0 Å². The average molecular weight is 439 g/mol. The Morgan fingerprint density at radius 3 is 2.06 bits per heavy atom. The number of carbonyl (C=O) groups excluding carboxylic acids is 4. The predicted molar refractivity (Wildman–Crippen MR) is 120 cm³/mol. The summed E-state index contributed by atoms with van der Waals surface area (Å²) < 4.78 is 4.99. The zero-order valence-electron chi connectivity index (χ0n) is 18.6. The van der Waals surface area contributed by atoms with Gasteiger partial charge in [-0.1, -0.05) is 60.7 Å². The van der Waals surface area contributed by atoms with Crippen LogP contribution < -0.4 is 5.32 Å². The molecule has 0 heterocycles. The van der Waals surface area contributed by atoms with Gasteiger partial charge in [-0.25, -0.2) is 0 Å². The maximum Gasteiger partial charge on any atom is 0.325 e. The van der Waals surface area contributed by atoms with E-state index in [9.17, 15) is 19.2 Å². The van der Waals surface area contributed by atoms with Crippen LogP contribution >= 0.6 is 0 Å². The van der Waals surface area contributed by atoms with E-state index in [1.54, 1.807) is 6.92 Å². The molecular weight excluding hydrogens is 408 g/mol. The van der Waals surface area contributed by atoms with E-state index >= 15 is 0 Å². The predicted octanol–water partition coefficient (Wildman–Crippen LogP) is 2.68. The molecule has 2 rings (SSSR count). The van der Waals surface area contributed by atoms with E-state index in [0.29, 0.717) is 6.42 Å². The molecule has 170 valence electrons. The minimum atomic E-state index is -0.713. The van der Waals surface area contributed by atoms with Crippen LogP contribution in [-0.4, -0.2) is 47.7 Å². The standard InChI is InChI=1S/C25H30N2O5/c1-3-32-25(31)18-27(17-21-12-8-5-9-13-21)24(30)15-14-23(29)22(26-19(2)28)16-20-10-6-4-7-11-20/h4-13,22H,3,14-18H2,1-2H3,(H,26,28)/t22-/m1/s1. The Morgan fingerprint density at radius 1 is 0.906 bits per heavy atom. The van der Waals surface area contributed by atoms with Gasteiger partial charge < -0.3 is 15.0 Å². The molecule has 0 bridgehead atoms. The number of hydrogen-bond donors (Lipinski definition) is 1. The van der Waals surface area contributed by atoms with Crippen molar-refractivity contribution in [3.05, 3.63) is 71.8 Å². The maximum absolute atomic E-state index is 12.9. The third-order valence-corrected chi connectivity index (χ3v) is 4.83. The molecule has 0 aliphatic carbocycles. The maximum atomic E-state index is 12.9. The monoisotopic (exact) mass is 438 g/mol. The first-order valence-electron chi connectivity index (χ1n) is 10.7. The summed E-state index contributed by atoms with van der Waals surface area (Å²) in [4.78, 5) is 50.7. The van der Waals surface area contributed by atoms with E-state index in [0.717, 1.165) is 11.1 Å². The Kier molecular flexibility index (Phi) is 10.1. The highest BCUT2D eigenvalue weighted by molar-refractivity contribution is 5.92. The van der Waals surface area contributed by atoms with Gasteiger partial charge in [-0.05, 0) is 24.5 Å². The Bertz CT molecular complexity index is 899. The number of carbonyl (C=O) groups is 4. The van der Waals surface area contributed by atoms with Crippen molar-refractivity contribution in [1.29, 1.82) is 0 Å². The summed E-state index contributed by atoms with van der Waals surface area (Å²) >= 11 is 0. The molecule has 0 saturated heterocycles. The summed E-state index contributed by atoms with van der Waals surface area (Å²) in [6.07, 6.45) is 0.255. The van der Waals surface area contributed by atoms with Gasteiger partial charge in [0.05, 0.1) is 12.6 Å². The normalized spacial score (nSPS) is 11.3. The van der Waals surface area contributed by atoms with Crippen LogP contribution in [0.25, 0.3) is 0 Å². The molecule has 2 aromatic carbocycles. The van der Waals surface area contributed by atoms with Crippen molar-refractivity contribution in [2.45, 2.75) is 45.7 Å². The van der Waals surface area contributed by atoms with Crippen molar-refractivity contribution in [1.82, 2.24) is 10.2 Å². The van der Waals surface area contributed by atoms with Gasteiger partial charge in [0.15, 0.2) is 5.78 Å². The molecule has 1 atom stereocenters. The van der Waals surface area contributed by atoms with E-state index in [-0.39, 0.29) is 50.1 Å². The number of hydrogen-bond acceptors (Lipinski definition) is 5. The number of ketones is 1. The third kappa shape index (κ3) is 8.71. The smallest absolute Gasteiger partial charge is 0.325 e. The van der Waals surface area contributed by atoms with Crippen LogP contribution in [0.2, 0.25) is 0 Å². The summed E-state index contributed by atoms with van der Waals surface area (Å²) in [7, 11) is 0. The molecule has 0 aliphatic rings. The lowest BCUT2D eigenvalue weighted by Crippen LogP contribution is -2.42. The van der Waals surface area contributed by atoms with Gasteiger partial charge in [0.2, 0.25) is 11.8 Å². The zero-order chi connectivity index (χ0) is 23.3. The SMILES string of the molecule is CCOC(=O)CN(Cc1ccccc1)C(=O)CCC(=O)[C@@H](Cc1ccccc1)NC(C)=O. The third-order valence-electron chi connectivity index (χ3n) is 4.83. The fraction of sp³-hybridized carbons (Fsp3) is 0.360. The second-order valence-electron chi connectivity index (χ2n) is 7.45. The van der Waals surface area contributed by atoms with E-state index in [1.807, 2.05) is 60.7 Å². The Labute approximate surface area is 188 Å². The van der Waals surface area contributed by atoms with Crippen molar-refractivity contribution in [2.75, 3.05) is 13.2 Å². The molecule has 0 fully saturated rings. The lowest BCUT2D eigenvalue weighted by molar-refractivity contribution is -0.149. The quantitative estimate of drug-likeness (QED) is 0.515. The minimum absolute atomic E-state index is 0.0370. The van der Waals surface area contributed by atoms with Crippen molar-refractivity contribution in [3.63, 3.8) is 0 Å². The fourth-order valence-corrected chi connectivity index (χ4v) is 3.30. The zero-order valence-corrected chi connectivity index (χ0v) is 18.6. The van der Waals surface area contributed by atoms with Gasteiger partial charge in [-0.3, -0.25) is 19.2 Å². The minimum Gasteiger partial charge on any atom is -0.465 e. The molecule has 0 unspecified atom stereocenters. The molecule has 0 aliphatic heterocycles. The Morgan fingerprint density at radius 2 is 1.50 bits per heavy atom. The van der Waals surface area contributed by atoms with Crippen molar-refractivity contribution in [3.8, 4) is 0 Å². The number of ether oxygens (including phenoxy) is 1. The number of nitrogens with one attached hydrogen (secondary N) is 1. The molecule has 2 aromatic rings. The molecule has 2 amide bonds. The highest BCUT2D eigenvalue weighted by Crippen LogP contribution is 2.11.